The number of anilines is 1. The number of carbonyl (C=O) groups is 1. The minimum atomic E-state index is -0.0678. The Kier molecular flexibility index (Phi) is 7.61. The van der Waals surface area contributed by atoms with Crippen molar-refractivity contribution < 1.29 is 4.79 Å². The molecule has 106 valence electrons. The fraction of sp³-hybridized carbons (Fsp3) is 0.462. The number of hydrogen-bond acceptors (Lipinski definition) is 3. The van der Waals surface area contributed by atoms with Gasteiger partial charge in [-0.1, -0.05) is 30.1 Å². The van der Waals surface area contributed by atoms with Crippen molar-refractivity contribution >= 4 is 46.6 Å². The SMILES string of the molecule is CCC(N)CSCCC(=O)Nc1cc(Cl)ccc1Cl. The van der Waals surface area contributed by atoms with Crippen LogP contribution in [0.4, 0.5) is 5.69 Å². The molecule has 0 aliphatic rings. The van der Waals surface area contributed by atoms with Gasteiger partial charge >= 0.3 is 0 Å². The van der Waals surface area contributed by atoms with E-state index in [1.165, 1.54) is 0 Å². The molecule has 19 heavy (non-hydrogen) atoms. The van der Waals surface area contributed by atoms with Gasteiger partial charge in [-0.15, -0.1) is 0 Å². The number of amides is 1. The Hall–Kier alpha value is -0.420. The summed E-state index contributed by atoms with van der Waals surface area (Å²) in [6.45, 7) is 2.05. The van der Waals surface area contributed by atoms with Crippen LogP contribution in [0.2, 0.25) is 10.0 Å². The molecule has 0 radical (unpaired) electrons. The van der Waals surface area contributed by atoms with Gasteiger partial charge in [0, 0.05) is 29.0 Å². The average molecular weight is 321 g/mol. The molecule has 3 nitrogen and oxygen atoms in total. The third-order valence-electron chi connectivity index (χ3n) is 2.53. The molecule has 1 aromatic rings. The maximum absolute atomic E-state index is 11.7. The van der Waals surface area contributed by atoms with E-state index in [1.54, 1.807) is 30.0 Å². The van der Waals surface area contributed by atoms with Gasteiger partial charge in [-0.25, -0.2) is 0 Å². The highest BCUT2D eigenvalue weighted by Crippen LogP contribution is 2.25. The Morgan fingerprint density at radius 2 is 2.21 bits per heavy atom. The van der Waals surface area contributed by atoms with E-state index in [0.717, 1.165) is 17.9 Å². The Morgan fingerprint density at radius 3 is 2.89 bits per heavy atom. The van der Waals surface area contributed by atoms with Crippen LogP contribution in [-0.2, 0) is 4.79 Å². The summed E-state index contributed by atoms with van der Waals surface area (Å²) >= 11 is 13.5. The van der Waals surface area contributed by atoms with Crippen LogP contribution < -0.4 is 11.1 Å². The Bertz CT molecular complexity index is 429. The summed E-state index contributed by atoms with van der Waals surface area (Å²) in [4.78, 5) is 11.7. The molecule has 0 spiro atoms. The van der Waals surface area contributed by atoms with E-state index in [2.05, 4.69) is 12.2 Å². The van der Waals surface area contributed by atoms with E-state index in [4.69, 9.17) is 28.9 Å². The normalized spacial score (nSPS) is 12.2. The summed E-state index contributed by atoms with van der Waals surface area (Å²) < 4.78 is 0. The number of hydrogen-bond donors (Lipinski definition) is 2. The molecule has 1 rings (SSSR count). The lowest BCUT2D eigenvalue weighted by Crippen LogP contribution is -2.22. The van der Waals surface area contributed by atoms with Gasteiger partial charge in [0.2, 0.25) is 5.91 Å². The first-order valence-corrected chi connectivity index (χ1v) is 8.02. The van der Waals surface area contributed by atoms with Crippen LogP contribution in [0.15, 0.2) is 18.2 Å². The second-order valence-corrected chi connectivity index (χ2v) is 6.16. The topological polar surface area (TPSA) is 55.1 Å². The predicted octanol–water partition coefficient (Wildman–Crippen LogP) is 3.79. The fourth-order valence-corrected chi connectivity index (χ4v) is 2.70. The van der Waals surface area contributed by atoms with Crippen LogP contribution >= 0.6 is 35.0 Å². The standard InChI is InChI=1S/C13H18Cl2N2OS/c1-2-10(16)8-19-6-5-13(18)17-12-7-9(14)3-4-11(12)15/h3-4,7,10H,2,5-6,8,16H2,1H3,(H,17,18). The number of halogens is 2. The molecule has 0 aromatic heterocycles. The second kappa shape index (κ2) is 8.69. The number of benzene rings is 1. The van der Waals surface area contributed by atoms with Crippen molar-refractivity contribution in [1.29, 1.82) is 0 Å². The molecule has 1 unspecified atom stereocenters. The smallest absolute Gasteiger partial charge is 0.225 e. The molecule has 0 heterocycles. The minimum absolute atomic E-state index is 0.0678. The molecule has 0 saturated heterocycles. The second-order valence-electron chi connectivity index (χ2n) is 4.17. The highest BCUT2D eigenvalue weighted by Gasteiger charge is 2.07. The minimum Gasteiger partial charge on any atom is -0.327 e. The lowest BCUT2D eigenvalue weighted by molar-refractivity contribution is -0.115. The third-order valence-corrected chi connectivity index (χ3v) is 4.25. The van der Waals surface area contributed by atoms with Crippen molar-refractivity contribution in [3.05, 3.63) is 28.2 Å². The molecule has 3 N–H and O–H groups in total. The van der Waals surface area contributed by atoms with E-state index in [0.29, 0.717) is 22.2 Å². The zero-order valence-corrected chi connectivity index (χ0v) is 13.1. The lowest BCUT2D eigenvalue weighted by atomic mass is 10.3. The zero-order chi connectivity index (χ0) is 14.3. The number of thioether (sulfide) groups is 1. The molecule has 0 saturated carbocycles. The van der Waals surface area contributed by atoms with Crippen LogP contribution in [0.1, 0.15) is 19.8 Å². The fourth-order valence-electron chi connectivity index (χ4n) is 1.32. The Balaban J connectivity index is 2.33. The van der Waals surface area contributed by atoms with Gasteiger partial charge < -0.3 is 11.1 Å². The molecular weight excluding hydrogens is 303 g/mol. The summed E-state index contributed by atoms with van der Waals surface area (Å²) in [7, 11) is 0. The first-order valence-electron chi connectivity index (χ1n) is 6.11. The molecule has 1 atom stereocenters. The van der Waals surface area contributed by atoms with Crippen molar-refractivity contribution in [2.24, 2.45) is 5.73 Å². The molecule has 0 aliphatic carbocycles. The average Bonchev–Trinajstić information content (AvgIpc) is 2.38. The van der Waals surface area contributed by atoms with E-state index in [1.807, 2.05) is 0 Å². The molecule has 6 heteroatoms. The van der Waals surface area contributed by atoms with Gasteiger partial charge in [-0.3, -0.25) is 4.79 Å². The van der Waals surface area contributed by atoms with E-state index in [-0.39, 0.29) is 11.9 Å². The highest BCUT2D eigenvalue weighted by atomic mass is 35.5. The number of rotatable bonds is 7. The van der Waals surface area contributed by atoms with Crippen LogP contribution in [0.25, 0.3) is 0 Å². The summed E-state index contributed by atoms with van der Waals surface area (Å²) in [6, 6.07) is 5.19. The predicted molar refractivity (Wildman–Crippen MR) is 85.3 cm³/mol. The molecule has 0 bridgehead atoms. The van der Waals surface area contributed by atoms with Gasteiger partial charge in [0.05, 0.1) is 10.7 Å². The van der Waals surface area contributed by atoms with Crippen LogP contribution in [0.5, 0.6) is 0 Å². The van der Waals surface area contributed by atoms with Crippen molar-refractivity contribution in [3.8, 4) is 0 Å². The maximum atomic E-state index is 11.7. The summed E-state index contributed by atoms with van der Waals surface area (Å²) in [6.07, 6.45) is 1.39. The van der Waals surface area contributed by atoms with E-state index in [9.17, 15) is 4.79 Å². The quantitative estimate of drug-likeness (QED) is 0.751. The van der Waals surface area contributed by atoms with E-state index < -0.39 is 0 Å². The van der Waals surface area contributed by atoms with Crippen molar-refractivity contribution in [1.82, 2.24) is 0 Å². The molecule has 1 amide bonds. The largest absolute Gasteiger partial charge is 0.327 e. The monoisotopic (exact) mass is 320 g/mol. The molecule has 1 aromatic carbocycles. The zero-order valence-electron chi connectivity index (χ0n) is 10.8. The lowest BCUT2D eigenvalue weighted by Gasteiger charge is -2.09. The van der Waals surface area contributed by atoms with E-state index >= 15 is 0 Å². The third kappa shape index (κ3) is 6.52. The Morgan fingerprint density at radius 1 is 1.47 bits per heavy atom. The van der Waals surface area contributed by atoms with Gasteiger partial charge in [-0.05, 0) is 24.6 Å². The molecular formula is C13H18Cl2N2OS. The first kappa shape index (κ1) is 16.6. The van der Waals surface area contributed by atoms with Gasteiger partial charge in [0.15, 0.2) is 0 Å². The Labute approximate surface area is 128 Å². The highest BCUT2D eigenvalue weighted by molar-refractivity contribution is 7.99. The van der Waals surface area contributed by atoms with Crippen molar-refractivity contribution in [2.45, 2.75) is 25.8 Å². The van der Waals surface area contributed by atoms with Gasteiger partial charge in [-0.2, -0.15) is 11.8 Å². The van der Waals surface area contributed by atoms with Crippen LogP contribution in [-0.4, -0.2) is 23.5 Å². The number of nitrogens with two attached hydrogens (primary N) is 1. The number of nitrogens with one attached hydrogen (secondary N) is 1. The number of carbonyl (C=O) groups excluding carboxylic acids is 1. The summed E-state index contributed by atoms with van der Waals surface area (Å²) in [5.41, 5.74) is 6.35. The first-order chi connectivity index (χ1) is 9.02. The van der Waals surface area contributed by atoms with Gasteiger partial charge in [0.25, 0.3) is 0 Å². The maximum Gasteiger partial charge on any atom is 0.225 e. The van der Waals surface area contributed by atoms with Crippen molar-refractivity contribution in [3.63, 3.8) is 0 Å². The summed E-state index contributed by atoms with van der Waals surface area (Å²) in [5, 5.41) is 3.78. The van der Waals surface area contributed by atoms with Crippen LogP contribution in [0.3, 0.4) is 0 Å². The van der Waals surface area contributed by atoms with Gasteiger partial charge in [0.1, 0.15) is 0 Å². The molecule has 0 fully saturated rings. The molecule has 0 aliphatic heterocycles. The van der Waals surface area contributed by atoms with Crippen LogP contribution in [0, 0.1) is 0 Å². The van der Waals surface area contributed by atoms with Crippen molar-refractivity contribution in [2.75, 3.05) is 16.8 Å². The summed E-state index contributed by atoms with van der Waals surface area (Å²) in [5.74, 6) is 1.56.